The fourth-order valence-electron chi connectivity index (χ4n) is 7.36. The molecule has 0 aliphatic rings. The van der Waals surface area contributed by atoms with Crippen LogP contribution in [0.4, 0.5) is 0 Å². The van der Waals surface area contributed by atoms with Gasteiger partial charge in [-0.3, -0.25) is 0 Å². The van der Waals surface area contributed by atoms with E-state index in [9.17, 15) is 59.4 Å². The van der Waals surface area contributed by atoms with Gasteiger partial charge in [0.05, 0.1) is 0 Å². The second-order valence-electron chi connectivity index (χ2n) is 19.5. The molecule has 0 aromatic carbocycles. The average molecular weight is 1360 g/mol. The molecule has 0 spiro atoms. The quantitative estimate of drug-likeness (QED) is 0.0408. The topological polar surface area (TPSA) is 241 Å². The van der Waals surface area contributed by atoms with Crippen LogP contribution in [0.1, 0.15) is 350 Å². The second kappa shape index (κ2) is 90.1. The molecule has 75 heavy (non-hydrogen) atoms. The molecule has 0 aliphatic carbocycles. The maximum absolute atomic E-state index is 10.0. The normalized spacial score (nSPS) is 9.68. The first kappa shape index (κ1) is 93.9. The van der Waals surface area contributed by atoms with Crippen molar-refractivity contribution < 1.29 is 141 Å². The Morgan fingerprint density at radius 3 is 0.333 bits per heavy atom. The molecule has 0 aromatic rings. The molecule has 0 saturated carbocycles. The van der Waals surface area contributed by atoms with Gasteiger partial charge in [-0.1, -0.05) is 273 Å². The van der Waals surface area contributed by atoms with Crippen LogP contribution in [0.2, 0.25) is 0 Å². The van der Waals surface area contributed by atoms with E-state index in [0.29, 0.717) is 0 Å². The Balaban J connectivity index is -0.0000000988. The van der Waals surface area contributed by atoms with Crippen molar-refractivity contribution in [2.24, 2.45) is 0 Å². The molecule has 15 heteroatoms. The first-order valence-electron chi connectivity index (χ1n) is 29.8. The van der Waals surface area contributed by atoms with Crippen molar-refractivity contribution in [2.75, 3.05) is 0 Å². The van der Waals surface area contributed by atoms with Crippen LogP contribution in [-0.2, 0) is 111 Å². The summed E-state index contributed by atoms with van der Waals surface area (Å²) in [5, 5.41) is 60.1. The van der Waals surface area contributed by atoms with Gasteiger partial charge < -0.3 is 59.4 Å². The number of aliphatic carboxylic acids is 6. The van der Waals surface area contributed by atoms with Gasteiger partial charge in [-0.2, -0.15) is 0 Å². The molecule has 0 heterocycles. The number of hydrogen-bond acceptors (Lipinski definition) is 12. The SMILES string of the molecule is CCCCCCCCCC(=O)[O-].CCCCCCCCCC(=O)[O-].CCCCCCCCCC(=O)[O-].CCCCCCCCCC(=O)[O-].CCCCCCCCCC(=O)[O-].CCCCCCCCCC(=O)[O-].[Cd+2].[Cd+2].[Cd+2]. The van der Waals surface area contributed by atoms with E-state index < -0.39 is 35.8 Å². The largest absolute Gasteiger partial charge is 2.00 e. The number of hydrogen-bond donors (Lipinski definition) is 0. The van der Waals surface area contributed by atoms with Gasteiger partial charge in [0.1, 0.15) is 0 Å². The minimum absolute atomic E-state index is 0. The predicted molar refractivity (Wildman–Crippen MR) is 286 cm³/mol. The van der Waals surface area contributed by atoms with Crippen LogP contribution in [0.25, 0.3) is 0 Å². The molecule has 0 fully saturated rings. The zero-order chi connectivity index (χ0) is 55.4. The zero-order valence-electron chi connectivity index (χ0n) is 50.0. The summed E-state index contributed by atoms with van der Waals surface area (Å²) in [6.45, 7) is 13.1. The van der Waals surface area contributed by atoms with Crippen molar-refractivity contribution in [1.82, 2.24) is 0 Å². The molecule has 0 radical (unpaired) electrons. The molecule has 0 rings (SSSR count). The molecular formula is C60H114Cd3O12. The van der Waals surface area contributed by atoms with E-state index >= 15 is 0 Å². The van der Waals surface area contributed by atoms with Crippen molar-refractivity contribution >= 4 is 35.8 Å². The maximum Gasteiger partial charge on any atom is 2.00 e. The van der Waals surface area contributed by atoms with Crippen molar-refractivity contribution in [2.45, 2.75) is 350 Å². The Bertz CT molecular complexity index is 898. The van der Waals surface area contributed by atoms with Crippen LogP contribution < -0.4 is 30.6 Å². The summed E-state index contributed by atoms with van der Waals surface area (Å²) in [5.74, 6) is -5.48. The van der Waals surface area contributed by atoms with Crippen LogP contribution in [0, 0.1) is 0 Å². The number of unbranched alkanes of at least 4 members (excludes halogenated alkanes) is 36. The molecule has 0 saturated heterocycles. The van der Waals surface area contributed by atoms with E-state index in [0.717, 1.165) is 77.0 Å². The number of carbonyl (C=O) groups excluding carboxylic acids is 6. The Morgan fingerprint density at radius 2 is 0.253 bits per heavy atom. The summed E-state index contributed by atoms with van der Waals surface area (Å²) in [4.78, 5) is 60.1. The molecule has 0 unspecified atom stereocenters. The molecule has 0 aromatic heterocycles. The van der Waals surface area contributed by atoms with Crippen LogP contribution in [0.3, 0.4) is 0 Å². The summed E-state index contributed by atoms with van der Waals surface area (Å²) in [5.41, 5.74) is 0. The van der Waals surface area contributed by atoms with E-state index in [-0.39, 0.29) is 120 Å². The Kier molecular flexibility index (Phi) is 113. The predicted octanol–water partition coefficient (Wildman–Crippen LogP) is 11.3. The van der Waals surface area contributed by atoms with Gasteiger partial charge >= 0.3 is 81.9 Å². The number of carboxylic acids is 6. The van der Waals surface area contributed by atoms with E-state index in [2.05, 4.69) is 41.5 Å². The van der Waals surface area contributed by atoms with Gasteiger partial charge in [0.25, 0.3) is 0 Å². The fraction of sp³-hybridized carbons (Fsp3) is 0.900. The van der Waals surface area contributed by atoms with Crippen LogP contribution in [0.5, 0.6) is 0 Å². The number of rotatable bonds is 48. The average Bonchev–Trinajstić information content (AvgIpc) is 3.33. The molecular weight excluding hydrogens is 1250 g/mol. The van der Waals surface area contributed by atoms with Gasteiger partial charge in [0.15, 0.2) is 0 Å². The molecule has 0 amide bonds. The van der Waals surface area contributed by atoms with Crippen molar-refractivity contribution in [3.63, 3.8) is 0 Å². The molecule has 432 valence electrons. The first-order valence-corrected chi connectivity index (χ1v) is 29.8. The Hall–Kier alpha value is -0.414. The van der Waals surface area contributed by atoms with Crippen LogP contribution in [-0.4, -0.2) is 35.8 Å². The monoisotopic (exact) mass is 1370 g/mol. The standard InChI is InChI=1S/6C10H20O2.3Cd/c6*1-2-3-4-5-6-7-8-9-10(11)12;;;/h6*2-9H2,1H3,(H,11,12);;;/q;;;;;;3*+2/p-6. The number of carboxylic acid groups (broad SMARTS) is 6. The Labute approximate surface area is 522 Å². The number of carbonyl (C=O) groups is 6. The molecule has 0 aliphatic heterocycles. The van der Waals surface area contributed by atoms with E-state index in [4.69, 9.17) is 0 Å². The van der Waals surface area contributed by atoms with Gasteiger partial charge in [0, 0.05) is 35.8 Å². The zero-order valence-corrected chi connectivity index (χ0v) is 62.1. The van der Waals surface area contributed by atoms with Crippen molar-refractivity contribution in [3.8, 4) is 0 Å². The smallest absolute Gasteiger partial charge is 0.550 e. The molecule has 12 nitrogen and oxygen atoms in total. The summed E-state index contributed by atoms with van der Waals surface area (Å²) in [6.07, 6.45) is 50.1. The van der Waals surface area contributed by atoms with Gasteiger partial charge in [-0.15, -0.1) is 0 Å². The van der Waals surface area contributed by atoms with E-state index in [1.54, 1.807) is 0 Å². The third-order valence-electron chi connectivity index (χ3n) is 11.9. The third kappa shape index (κ3) is 131. The second-order valence-corrected chi connectivity index (χ2v) is 19.5. The summed E-state index contributed by atoms with van der Waals surface area (Å²) >= 11 is 0. The van der Waals surface area contributed by atoms with Crippen molar-refractivity contribution in [1.29, 1.82) is 0 Å². The summed E-state index contributed by atoms with van der Waals surface area (Å²) < 4.78 is 0. The Morgan fingerprint density at radius 1 is 0.173 bits per heavy atom. The van der Waals surface area contributed by atoms with Gasteiger partial charge in [0.2, 0.25) is 0 Å². The van der Waals surface area contributed by atoms with Gasteiger partial charge in [-0.25, -0.2) is 0 Å². The minimum Gasteiger partial charge on any atom is -0.550 e. The van der Waals surface area contributed by atoms with E-state index in [1.807, 2.05) is 0 Å². The van der Waals surface area contributed by atoms with Crippen molar-refractivity contribution in [3.05, 3.63) is 0 Å². The minimum atomic E-state index is -0.913. The maximum atomic E-state index is 10.0. The summed E-state index contributed by atoms with van der Waals surface area (Å²) in [6, 6.07) is 0. The molecule has 0 atom stereocenters. The van der Waals surface area contributed by atoms with Gasteiger partial charge in [-0.05, 0) is 77.0 Å². The molecule has 0 bridgehead atoms. The third-order valence-corrected chi connectivity index (χ3v) is 11.9. The van der Waals surface area contributed by atoms with E-state index in [1.165, 1.54) is 193 Å². The summed E-state index contributed by atoms with van der Waals surface area (Å²) in [7, 11) is 0. The molecule has 0 N–H and O–H groups in total. The van der Waals surface area contributed by atoms with Crippen LogP contribution >= 0.6 is 0 Å². The van der Waals surface area contributed by atoms with Crippen LogP contribution in [0.15, 0.2) is 0 Å². The fourth-order valence-corrected chi connectivity index (χ4v) is 7.36. The first-order chi connectivity index (χ1) is 34.6.